The molecule has 1 atom stereocenters. The number of rotatable bonds is 1. The Morgan fingerprint density at radius 2 is 2.36 bits per heavy atom. The highest BCUT2D eigenvalue weighted by molar-refractivity contribution is 9.10. The van der Waals surface area contributed by atoms with Crippen LogP contribution in [0.3, 0.4) is 0 Å². The second-order valence-electron chi connectivity index (χ2n) is 2.32. The molecule has 1 rings (SSSR count). The van der Waals surface area contributed by atoms with Crippen LogP contribution in [0.2, 0.25) is 0 Å². The summed E-state index contributed by atoms with van der Waals surface area (Å²) in [5, 5.41) is 0. The van der Waals surface area contributed by atoms with Gasteiger partial charge in [0.2, 0.25) is 5.95 Å². The maximum Gasteiger partial charge on any atom is 0.217 e. The van der Waals surface area contributed by atoms with E-state index in [0.29, 0.717) is 5.56 Å². The Kier molecular flexibility index (Phi) is 2.57. The first-order valence-electron chi connectivity index (χ1n) is 3.18. The minimum atomic E-state index is -0.497. The van der Waals surface area contributed by atoms with Gasteiger partial charge in [0, 0.05) is 22.3 Å². The van der Waals surface area contributed by atoms with Gasteiger partial charge in [-0.05, 0) is 28.9 Å². The van der Waals surface area contributed by atoms with E-state index in [2.05, 4.69) is 20.9 Å². The lowest BCUT2D eigenvalue weighted by atomic mass is 10.1. The summed E-state index contributed by atoms with van der Waals surface area (Å²) >= 11 is 3.18. The van der Waals surface area contributed by atoms with Crippen molar-refractivity contribution in [3.8, 4) is 0 Å². The topological polar surface area (TPSA) is 38.9 Å². The van der Waals surface area contributed by atoms with Crippen molar-refractivity contribution in [3.63, 3.8) is 0 Å². The van der Waals surface area contributed by atoms with Gasteiger partial charge in [-0.25, -0.2) is 4.98 Å². The third-order valence-corrected chi connectivity index (χ3v) is 1.76. The molecule has 4 heteroatoms. The Morgan fingerprint density at radius 3 is 2.82 bits per heavy atom. The van der Waals surface area contributed by atoms with E-state index in [0.717, 1.165) is 4.47 Å². The van der Waals surface area contributed by atoms with Crippen molar-refractivity contribution < 1.29 is 4.39 Å². The van der Waals surface area contributed by atoms with Gasteiger partial charge in [-0.15, -0.1) is 0 Å². The molecule has 0 bridgehead atoms. The van der Waals surface area contributed by atoms with Gasteiger partial charge in [-0.1, -0.05) is 0 Å². The molecule has 0 fully saturated rings. The molecule has 0 amide bonds. The van der Waals surface area contributed by atoms with Crippen LogP contribution in [0.25, 0.3) is 0 Å². The van der Waals surface area contributed by atoms with Gasteiger partial charge in [0.15, 0.2) is 0 Å². The standard InChI is InChI=1S/C7H8BrFN2/c1-4(10)6-2-5(8)3-11-7(6)9/h2-4H,10H2,1H3/t4-/m0/s1. The number of hydrogen-bond acceptors (Lipinski definition) is 2. The van der Waals surface area contributed by atoms with Crippen molar-refractivity contribution in [2.24, 2.45) is 5.73 Å². The van der Waals surface area contributed by atoms with Crippen LogP contribution < -0.4 is 5.73 Å². The molecule has 60 valence electrons. The van der Waals surface area contributed by atoms with Crippen molar-refractivity contribution in [2.45, 2.75) is 13.0 Å². The quantitative estimate of drug-likeness (QED) is 0.733. The lowest BCUT2D eigenvalue weighted by Gasteiger charge is -2.05. The van der Waals surface area contributed by atoms with Crippen LogP contribution >= 0.6 is 15.9 Å². The highest BCUT2D eigenvalue weighted by atomic mass is 79.9. The molecule has 1 aromatic rings. The summed E-state index contributed by atoms with van der Waals surface area (Å²) in [5.41, 5.74) is 5.91. The van der Waals surface area contributed by atoms with E-state index in [1.165, 1.54) is 6.20 Å². The molecule has 0 aliphatic rings. The van der Waals surface area contributed by atoms with Crippen molar-refractivity contribution in [2.75, 3.05) is 0 Å². The number of pyridine rings is 1. The molecule has 0 unspecified atom stereocenters. The molecule has 0 saturated heterocycles. The second kappa shape index (κ2) is 3.28. The van der Waals surface area contributed by atoms with Crippen molar-refractivity contribution in [1.29, 1.82) is 0 Å². The van der Waals surface area contributed by atoms with Gasteiger partial charge in [-0.2, -0.15) is 4.39 Å². The summed E-state index contributed by atoms with van der Waals surface area (Å²) in [6.45, 7) is 1.71. The first kappa shape index (κ1) is 8.62. The summed E-state index contributed by atoms with van der Waals surface area (Å²) < 4.78 is 13.6. The van der Waals surface area contributed by atoms with Crippen molar-refractivity contribution in [3.05, 3.63) is 28.2 Å². The molecular formula is C7H8BrFN2. The smallest absolute Gasteiger partial charge is 0.217 e. The van der Waals surface area contributed by atoms with Gasteiger partial charge in [0.05, 0.1) is 0 Å². The summed E-state index contributed by atoms with van der Waals surface area (Å²) in [7, 11) is 0. The molecule has 2 nitrogen and oxygen atoms in total. The average Bonchev–Trinajstić information content (AvgIpc) is 1.94. The van der Waals surface area contributed by atoms with E-state index in [1.54, 1.807) is 13.0 Å². The second-order valence-corrected chi connectivity index (χ2v) is 3.24. The molecule has 0 aliphatic carbocycles. The van der Waals surface area contributed by atoms with Gasteiger partial charge >= 0.3 is 0 Å². The van der Waals surface area contributed by atoms with E-state index in [4.69, 9.17) is 5.73 Å². The van der Waals surface area contributed by atoms with E-state index < -0.39 is 5.95 Å². The summed E-state index contributed by atoms with van der Waals surface area (Å²) in [6.07, 6.45) is 1.40. The SMILES string of the molecule is C[C@H](N)c1cc(Br)cnc1F. The van der Waals surface area contributed by atoms with Crippen LogP contribution in [0.4, 0.5) is 4.39 Å². The first-order chi connectivity index (χ1) is 5.11. The third-order valence-electron chi connectivity index (χ3n) is 1.32. The zero-order chi connectivity index (χ0) is 8.43. The average molecular weight is 219 g/mol. The number of nitrogens with zero attached hydrogens (tertiary/aromatic N) is 1. The zero-order valence-corrected chi connectivity index (χ0v) is 7.60. The van der Waals surface area contributed by atoms with Gasteiger partial charge in [0.1, 0.15) is 0 Å². The molecule has 2 N–H and O–H groups in total. The van der Waals surface area contributed by atoms with Gasteiger partial charge in [-0.3, -0.25) is 0 Å². The maximum atomic E-state index is 12.8. The zero-order valence-electron chi connectivity index (χ0n) is 6.01. The number of halogens is 2. The van der Waals surface area contributed by atoms with E-state index in [9.17, 15) is 4.39 Å². The van der Waals surface area contributed by atoms with Crippen molar-refractivity contribution in [1.82, 2.24) is 4.98 Å². The fourth-order valence-electron chi connectivity index (χ4n) is 0.758. The summed E-state index contributed by atoms with van der Waals surface area (Å²) in [5.74, 6) is -0.497. The molecule has 0 spiro atoms. The molecule has 1 heterocycles. The summed E-state index contributed by atoms with van der Waals surface area (Å²) in [6, 6.07) is 1.31. The Labute approximate surface area is 72.8 Å². The molecule has 1 aromatic heterocycles. The Balaban J connectivity index is 3.13. The molecule has 0 radical (unpaired) electrons. The fourth-order valence-corrected chi connectivity index (χ4v) is 1.11. The third kappa shape index (κ3) is 1.97. The number of aromatic nitrogens is 1. The molecule has 0 aromatic carbocycles. The maximum absolute atomic E-state index is 12.8. The Bertz CT molecular complexity index is 263. The summed E-state index contributed by atoms with van der Waals surface area (Å²) in [4.78, 5) is 3.51. The Hall–Kier alpha value is -0.480. The Morgan fingerprint density at radius 1 is 1.73 bits per heavy atom. The highest BCUT2D eigenvalue weighted by Gasteiger charge is 2.07. The van der Waals surface area contributed by atoms with Crippen molar-refractivity contribution >= 4 is 15.9 Å². The number of nitrogens with two attached hydrogens (primary N) is 1. The van der Waals surface area contributed by atoms with Crippen LogP contribution in [-0.4, -0.2) is 4.98 Å². The monoisotopic (exact) mass is 218 g/mol. The van der Waals surface area contributed by atoms with Crippen LogP contribution in [-0.2, 0) is 0 Å². The van der Waals surface area contributed by atoms with Gasteiger partial charge in [0.25, 0.3) is 0 Å². The number of hydrogen-bond donors (Lipinski definition) is 1. The van der Waals surface area contributed by atoms with Crippen LogP contribution in [0.15, 0.2) is 16.7 Å². The molecule has 0 aliphatic heterocycles. The fraction of sp³-hybridized carbons (Fsp3) is 0.286. The van der Waals surface area contributed by atoms with E-state index >= 15 is 0 Å². The largest absolute Gasteiger partial charge is 0.324 e. The van der Waals surface area contributed by atoms with Crippen LogP contribution in [0, 0.1) is 5.95 Å². The van der Waals surface area contributed by atoms with E-state index in [-0.39, 0.29) is 6.04 Å². The highest BCUT2D eigenvalue weighted by Crippen LogP contribution is 2.17. The predicted molar refractivity (Wildman–Crippen MR) is 44.5 cm³/mol. The van der Waals surface area contributed by atoms with Crippen LogP contribution in [0.5, 0.6) is 0 Å². The first-order valence-corrected chi connectivity index (χ1v) is 3.97. The van der Waals surface area contributed by atoms with Crippen LogP contribution in [0.1, 0.15) is 18.5 Å². The molecular weight excluding hydrogens is 211 g/mol. The van der Waals surface area contributed by atoms with Gasteiger partial charge < -0.3 is 5.73 Å². The normalized spacial score (nSPS) is 13.1. The minimum absolute atomic E-state index is 0.319. The van der Waals surface area contributed by atoms with E-state index in [1.807, 2.05) is 0 Å². The lowest BCUT2D eigenvalue weighted by Crippen LogP contribution is -2.08. The predicted octanol–water partition coefficient (Wildman–Crippen LogP) is 2.00. The minimum Gasteiger partial charge on any atom is -0.324 e. The lowest BCUT2D eigenvalue weighted by molar-refractivity contribution is 0.552. The molecule has 11 heavy (non-hydrogen) atoms. The molecule has 0 saturated carbocycles.